The predicted octanol–water partition coefficient (Wildman–Crippen LogP) is 3.97. The molecule has 0 bridgehead atoms. The first-order valence-corrected chi connectivity index (χ1v) is 9.35. The topological polar surface area (TPSA) is 49.4 Å². The van der Waals surface area contributed by atoms with Gasteiger partial charge in [0.05, 0.1) is 6.42 Å². The molecular weight excluding hydrogens is 367 g/mol. The van der Waals surface area contributed by atoms with Crippen LogP contribution in [0.25, 0.3) is 0 Å². The lowest BCUT2D eigenvalue weighted by atomic mass is 10.1. The van der Waals surface area contributed by atoms with Crippen LogP contribution in [0.1, 0.15) is 31.4 Å². The zero-order chi connectivity index (χ0) is 19.8. The van der Waals surface area contributed by atoms with Gasteiger partial charge in [-0.25, -0.2) is 4.39 Å². The van der Waals surface area contributed by atoms with Crippen molar-refractivity contribution in [1.29, 1.82) is 0 Å². The van der Waals surface area contributed by atoms with Gasteiger partial charge in [-0.15, -0.1) is 0 Å². The standard InChI is InChI=1S/C21H24ClFN2O2/c1-3-12-24-21(27)15(2)25(14-16-8-10-18(22)11-9-16)20(26)13-17-6-4-5-7-19(17)23/h4-11,15H,3,12-14H2,1-2H3,(H,24,27)/t15-/m1/s1. The Balaban J connectivity index is 2.21. The number of benzene rings is 2. The Morgan fingerprint density at radius 2 is 1.81 bits per heavy atom. The molecule has 144 valence electrons. The smallest absolute Gasteiger partial charge is 0.242 e. The number of hydrogen-bond donors (Lipinski definition) is 1. The first kappa shape index (κ1) is 20.9. The molecule has 27 heavy (non-hydrogen) atoms. The average molecular weight is 391 g/mol. The summed E-state index contributed by atoms with van der Waals surface area (Å²) < 4.78 is 13.9. The molecule has 0 aliphatic rings. The third-order valence-corrected chi connectivity index (χ3v) is 4.53. The number of rotatable bonds is 8. The van der Waals surface area contributed by atoms with Crippen molar-refractivity contribution in [3.05, 3.63) is 70.5 Å². The molecule has 2 aromatic carbocycles. The fourth-order valence-corrected chi connectivity index (χ4v) is 2.80. The van der Waals surface area contributed by atoms with Crippen LogP contribution in [0, 0.1) is 5.82 Å². The maximum Gasteiger partial charge on any atom is 0.242 e. The van der Waals surface area contributed by atoms with E-state index in [1.807, 2.05) is 19.1 Å². The van der Waals surface area contributed by atoms with Gasteiger partial charge in [-0.1, -0.05) is 48.9 Å². The third-order valence-electron chi connectivity index (χ3n) is 4.28. The summed E-state index contributed by atoms with van der Waals surface area (Å²) in [6.45, 7) is 4.42. The second kappa shape index (κ2) is 10.1. The molecule has 4 nitrogen and oxygen atoms in total. The maximum atomic E-state index is 13.9. The number of nitrogens with one attached hydrogen (secondary N) is 1. The molecule has 0 unspecified atom stereocenters. The highest BCUT2D eigenvalue weighted by Gasteiger charge is 2.26. The van der Waals surface area contributed by atoms with Crippen molar-refractivity contribution < 1.29 is 14.0 Å². The van der Waals surface area contributed by atoms with E-state index in [1.54, 1.807) is 37.3 Å². The summed E-state index contributed by atoms with van der Waals surface area (Å²) in [5.41, 5.74) is 1.15. The van der Waals surface area contributed by atoms with Crippen molar-refractivity contribution in [1.82, 2.24) is 10.2 Å². The maximum absolute atomic E-state index is 13.9. The lowest BCUT2D eigenvalue weighted by Crippen LogP contribution is -2.48. The van der Waals surface area contributed by atoms with Crippen molar-refractivity contribution in [3.63, 3.8) is 0 Å². The van der Waals surface area contributed by atoms with Gasteiger partial charge < -0.3 is 10.2 Å². The molecule has 6 heteroatoms. The van der Waals surface area contributed by atoms with E-state index in [2.05, 4.69) is 5.32 Å². The average Bonchev–Trinajstić information content (AvgIpc) is 2.66. The summed E-state index contributed by atoms with van der Waals surface area (Å²) in [4.78, 5) is 26.8. The highest BCUT2D eigenvalue weighted by molar-refractivity contribution is 6.30. The minimum absolute atomic E-state index is 0.105. The van der Waals surface area contributed by atoms with Gasteiger partial charge in [0.15, 0.2) is 0 Å². The molecule has 0 spiro atoms. The zero-order valence-electron chi connectivity index (χ0n) is 15.5. The second-order valence-corrected chi connectivity index (χ2v) is 6.82. The largest absolute Gasteiger partial charge is 0.354 e. The van der Waals surface area contributed by atoms with Crippen LogP contribution in [0.5, 0.6) is 0 Å². The quantitative estimate of drug-likeness (QED) is 0.741. The van der Waals surface area contributed by atoms with E-state index in [9.17, 15) is 14.0 Å². The Kier molecular flexibility index (Phi) is 7.80. The predicted molar refractivity (Wildman–Crippen MR) is 105 cm³/mol. The van der Waals surface area contributed by atoms with Gasteiger partial charge >= 0.3 is 0 Å². The van der Waals surface area contributed by atoms with E-state index in [4.69, 9.17) is 11.6 Å². The number of carbonyl (C=O) groups is 2. The van der Waals surface area contributed by atoms with Gasteiger partial charge in [0.2, 0.25) is 11.8 Å². The number of amides is 2. The van der Waals surface area contributed by atoms with E-state index in [1.165, 1.54) is 11.0 Å². The first-order valence-electron chi connectivity index (χ1n) is 8.97. The van der Waals surface area contributed by atoms with Crippen molar-refractivity contribution in [3.8, 4) is 0 Å². The Morgan fingerprint density at radius 3 is 2.44 bits per heavy atom. The van der Waals surface area contributed by atoms with E-state index in [0.29, 0.717) is 17.1 Å². The summed E-state index contributed by atoms with van der Waals surface area (Å²) in [6, 6.07) is 12.6. The van der Waals surface area contributed by atoms with Crippen LogP contribution in [0.15, 0.2) is 48.5 Å². The minimum atomic E-state index is -0.675. The molecular formula is C21H24ClFN2O2. The van der Waals surface area contributed by atoms with Crippen molar-refractivity contribution in [2.45, 2.75) is 39.3 Å². The van der Waals surface area contributed by atoms with Gasteiger partial charge in [-0.2, -0.15) is 0 Å². The number of halogens is 2. The monoisotopic (exact) mass is 390 g/mol. The molecule has 0 aliphatic carbocycles. The lowest BCUT2D eigenvalue weighted by Gasteiger charge is -2.29. The minimum Gasteiger partial charge on any atom is -0.354 e. The molecule has 0 heterocycles. The second-order valence-electron chi connectivity index (χ2n) is 6.38. The van der Waals surface area contributed by atoms with Gasteiger partial charge in [0.25, 0.3) is 0 Å². The van der Waals surface area contributed by atoms with Gasteiger partial charge in [-0.3, -0.25) is 9.59 Å². The Labute approximate surface area is 164 Å². The first-order chi connectivity index (χ1) is 12.9. The summed E-state index contributed by atoms with van der Waals surface area (Å²) in [5.74, 6) is -0.970. The SMILES string of the molecule is CCCNC(=O)[C@@H](C)N(Cc1ccc(Cl)cc1)C(=O)Cc1ccccc1F. The van der Waals surface area contributed by atoms with Crippen LogP contribution in [-0.4, -0.2) is 29.3 Å². The van der Waals surface area contributed by atoms with Crippen LogP contribution in [0.3, 0.4) is 0 Å². The molecule has 2 aromatic rings. The molecule has 0 fully saturated rings. The molecule has 0 aliphatic heterocycles. The van der Waals surface area contributed by atoms with Gasteiger partial charge in [-0.05, 0) is 42.7 Å². The van der Waals surface area contributed by atoms with Crippen molar-refractivity contribution in [2.75, 3.05) is 6.54 Å². The Morgan fingerprint density at radius 1 is 1.15 bits per heavy atom. The van der Waals surface area contributed by atoms with Crippen LogP contribution < -0.4 is 5.32 Å². The molecule has 2 rings (SSSR count). The van der Waals surface area contributed by atoms with Crippen molar-refractivity contribution >= 4 is 23.4 Å². The fourth-order valence-electron chi connectivity index (χ4n) is 2.67. The number of nitrogens with zero attached hydrogens (tertiary/aromatic N) is 1. The molecule has 1 N–H and O–H groups in total. The summed E-state index contributed by atoms with van der Waals surface area (Å²) in [5, 5.41) is 3.40. The molecule has 0 aromatic heterocycles. The molecule has 0 radical (unpaired) electrons. The Bertz CT molecular complexity index is 780. The normalized spacial score (nSPS) is 11.7. The highest BCUT2D eigenvalue weighted by atomic mass is 35.5. The van der Waals surface area contributed by atoms with E-state index < -0.39 is 11.9 Å². The summed E-state index contributed by atoms with van der Waals surface area (Å²) >= 11 is 5.92. The molecule has 0 saturated carbocycles. The van der Waals surface area contributed by atoms with E-state index >= 15 is 0 Å². The zero-order valence-corrected chi connectivity index (χ0v) is 16.3. The Hall–Kier alpha value is -2.40. The summed E-state index contributed by atoms with van der Waals surface area (Å²) in [7, 11) is 0. The number of carbonyl (C=O) groups excluding carboxylic acids is 2. The highest BCUT2D eigenvalue weighted by Crippen LogP contribution is 2.16. The van der Waals surface area contributed by atoms with Crippen LogP contribution in [-0.2, 0) is 22.6 Å². The molecule has 1 atom stereocenters. The van der Waals surface area contributed by atoms with Gasteiger partial charge in [0, 0.05) is 18.1 Å². The van der Waals surface area contributed by atoms with Crippen LogP contribution >= 0.6 is 11.6 Å². The molecule has 0 saturated heterocycles. The van der Waals surface area contributed by atoms with Crippen LogP contribution in [0.4, 0.5) is 4.39 Å². The summed E-state index contributed by atoms with van der Waals surface area (Å²) in [6.07, 6.45) is 0.699. The number of hydrogen-bond acceptors (Lipinski definition) is 2. The van der Waals surface area contributed by atoms with E-state index in [0.717, 1.165) is 12.0 Å². The molecule has 2 amide bonds. The lowest BCUT2D eigenvalue weighted by molar-refractivity contribution is -0.140. The van der Waals surface area contributed by atoms with E-state index in [-0.39, 0.29) is 24.8 Å². The van der Waals surface area contributed by atoms with Crippen molar-refractivity contribution in [2.24, 2.45) is 0 Å². The van der Waals surface area contributed by atoms with Crippen LogP contribution in [0.2, 0.25) is 5.02 Å². The third kappa shape index (κ3) is 6.07. The fraction of sp³-hybridized carbons (Fsp3) is 0.333. The van der Waals surface area contributed by atoms with Gasteiger partial charge in [0.1, 0.15) is 11.9 Å².